The van der Waals surface area contributed by atoms with E-state index in [0.717, 1.165) is 18.4 Å². The van der Waals surface area contributed by atoms with Gasteiger partial charge in [-0.2, -0.15) is 5.10 Å². The van der Waals surface area contributed by atoms with Gasteiger partial charge in [-0.25, -0.2) is 4.68 Å². The summed E-state index contributed by atoms with van der Waals surface area (Å²) in [6, 6.07) is 11.3. The number of aromatic nitrogens is 2. The van der Waals surface area contributed by atoms with Crippen LogP contribution in [0.15, 0.2) is 41.2 Å². The molecule has 0 aliphatic rings. The molecule has 1 N–H and O–H groups in total. The molecule has 0 aliphatic heterocycles. The zero-order valence-corrected chi connectivity index (χ0v) is 12.7. The van der Waals surface area contributed by atoms with Gasteiger partial charge in [0.05, 0.1) is 5.69 Å². The van der Waals surface area contributed by atoms with Crippen molar-refractivity contribution in [3.63, 3.8) is 0 Å². The van der Waals surface area contributed by atoms with Crippen LogP contribution in [0.25, 0.3) is 11.3 Å². The van der Waals surface area contributed by atoms with E-state index in [1.54, 1.807) is 6.07 Å². The van der Waals surface area contributed by atoms with Gasteiger partial charge in [0.15, 0.2) is 0 Å². The third kappa shape index (κ3) is 4.04. The Morgan fingerprint density at radius 2 is 2.00 bits per heavy atom. The van der Waals surface area contributed by atoms with Gasteiger partial charge in [-0.05, 0) is 18.9 Å². The lowest BCUT2D eigenvalue weighted by Crippen LogP contribution is -2.27. The lowest BCUT2D eigenvalue weighted by molar-refractivity contribution is -0.136. The number of carboxylic acid groups (broad SMARTS) is 1. The molecule has 0 saturated carbocycles. The van der Waals surface area contributed by atoms with Crippen LogP contribution in [0.4, 0.5) is 0 Å². The van der Waals surface area contributed by atoms with Crippen molar-refractivity contribution in [2.75, 3.05) is 0 Å². The van der Waals surface area contributed by atoms with E-state index in [4.69, 9.17) is 5.11 Å². The molecule has 22 heavy (non-hydrogen) atoms. The summed E-state index contributed by atoms with van der Waals surface area (Å²) in [6.45, 7) is 2.60. The maximum absolute atomic E-state index is 12.4. The summed E-state index contributed by atoms with van der Waals surface area (Å²) in [5.41, 5.74) is 1.95. The fraction of sp³-hybridized carbons (Fsp3) is 0.353. The van der Waals surface area contributed by atoms with E-state index in [9.17, 15) is 9.59 Å². The fourth-order valence-corrected chi connectivity index (χ4v) is 2.23. The molecule has 2 aromatic rings. The van der Waals surface area contributed by atoms with E-state index in [1.807, 2.05) is 30.3 Å². The van der Waals surface area contributed by atoms with Crippen molar-refractivity contribution in [1.29, 1.82) is 0 Å². The van der Waals surface area contributed by atoms with E-state index in [1.165, 1.54) is 4.68 Å². The van der Waals surface area contributed by atoms with Crippen LogP contribution in [-0.4, -0.2) is 20.9 Å². The molecule has 0 radical (unpaired) electrons. The second-order valence-electron chi connectivity index (χ2n) is 5.20. The highest BCUT2D eigenvalue weighted by molar-refractivity contribution is 5.67. The first kappa shape index (κ1) is 15.9. The summed E-state index contributed by atoms with van der Waals surface area (Å²) in [7, 11) is 0. The molecule has 0 fully saturated rings. The highest BCUT2D eigenvalue weighted by Crippen LogP contribution is 2.16. The fourth-order valence-electron chi connectivity index (χ4n) is 2.23. The quantitative estimate of drug-likeness (QED) is 0.853. The number of rotatable bonds is 7. The molecule has 116 valence electrons. The van der Waals surface area contributed by atoms with Gasteiger partial charge in [-0.15, -0.1) is 0 Å². The van der Waals surface area contributed by atoms with Gasteiger partial charge >= 0.3 is 5.97 Å². The SMILES string of the molecule is CCCCn1nc(-c2ccccc2)cc(CCC(=O)O)c1=O. The summed E-state index contributed by atoms with van der Waals surface area (Å²) in [6.07, 6.45) is 2.00. The molecule has 5 heteroatoms. The maximum atomic E-state index is 12.4. The average Bonchev–Trinajstić information content (AvgIpc) is 2.53. The van der Waals surface area contributed by atoms with Crippen LogP contribution in [0.5, 0.6) is 0 Å². The molecule has 0 aliphatic carbocycles. The number of unbranched alkanes of at least 4 members (excludes halogenated alkanes) is 1. The van der Waals surface area contributed by atoms with Crippen molar-refractivity contribution >= 4 is 5.97 Å². The van der Waals surface area contributed by atoms with Crippen molar-refractivity contribution < 1.29 is 9.90 Å². The monoisotopic (exact) mass is 300 g/mol. The van der Waals surface area contributed by atoms with Crippen molar-refractivity contribution in [2.24, 2.45) is 0 Å². The highest BCUT2D eigenvalue weighted by Gasteiger charge is 2.11. The Hall–Kier alpha value is -2.43. The molecule has 1 aromatic heterocycles. The van der Waals surface area contributed by atoms with Crippen LogP contribution in [0.2, 0.25) is 0 Å². The largest absolute Gasteiger partial charge is 0.481 e. The van der Waals surface area contributed by atoms with Crippen LogP contribution in [-0.2, 0) is 17.8 Å². The van der Waals surface area contributed by atoms with E-state index in [-0.39, 0.29) is 18.4 Å². The predicted molar refractivity (Wildman–Crippen MR) is 84.8 cm³/mol. The molecule has 1 heterocycles. The molecule has 0 saturated heterocycles. The van der Waals surface area contributed by atoms with Gasteiger partial charge in [-0.1, -0.05) is 43.7 Å². The Balaban J connectivity index is 2.43. The molecule has 5 nitrogen and oxygen atoms in total. The van der Waals surface area contributed by atoms with Gasteiger partial charge in [0.25, 0.3) is 5.56 Å². The number of aryl methyl sites for hydroxylation is 2. The van der Waals surface area contributed by atoms with Crippen molar-refractivity contribution in [2.45, 2.75) is 39.2 Å². The van der Waals surface area contributed by atoms with Crippen LogP contribution in [0.1, 0.15) is 31.7 Å². The van der Waals surface area contributed by atoms with Gasteiger partial charge in [0.1, 0.15) is 0 Å². The summed E-state index contributed by atoms with van der Waals surface area (Å²) in [5, 5.41) is 13.3. The molecular weight excluding hydrogens is 280 g/mol. The summed E-state index contributed by atoms with van der Waals surface area (Å²) >= 11 is 0. The van der Waals surface area contributed by atoms with E-state index in [0.29, 0.717) is 17.8 Å². The Bertz CT molecular complexity index is 693. The molecular formula is C17H20N2O3. The van der Waals surface area contributed by atoms with Gasteiger partial charge in [0, 0.05) is 24.1 Å². The Morgan fingerprint density at radius 1 is 1.27 bits per heavy atom. The number of carbonyl (C=O) groups is 1. The predicted octanol–water partition coefficient (Wildman–Crippen LogP) is 2.73. The standard InChI is InChI=1S/C17H20N2O3/c1-2-3-11-19-17(22)14(9-10-16(20)21)12-15(18-19)13-7-5-4-6-8-13/h4-8,12H,2-3,9-11H2,1H3,(H,20,21). The van der Waals surface area contributed by atoms with Gasteiger partial charge in [-0.3, -0.25) is 9.59 Å². The smallest absolute Gasteiger partial charge is 0.303 e. The summed E-state index contributed by atoms with van der Waals surface area (Å²) in [4.78, 5) is 23.1. The lowest BCUT2D eigenvalue weighted by Gasteiger charge is -2.10. The first-order valence-corrected chi connectivity index (χ1v) is 7.50. The third-order valence-electron chi connectivity index (χ3n) is 3.45. The van der Waals surface area contributed by atoms with E-state index < -0.39 is 5.97 Å². The number of hydrogen-bond donors (Lipinski definition) is 1. The van der Waals surface area contributed by atoms with E-state index >= 15 is 0 Å². The molecule has 0 amide bonds. The molecule has 0 unspecified atom stereocenters. The topological polar surface area (TPSA) is 72.2 Å². The van der Waals surface area contributed by atoms with Crippen LogP contribution in [0, 0.1) is 0 Å². The molecule has 0 atom stereocenters. The molecule has 0 bridgehead atoms. The number of aliphatic carboxylic acids is 1. The van der Waals surface area contributed by atoms with Crippen LogP contribution < -0.4 is 5.56 Å². The number of carboxylic acids is 1. The number of nitrogens with zero attached hydrogens (tertiary/aromatic N) is 2. The number of hydrogen-bond acceptors (Lipinski definition) is 3. The van der Waals surface area contributed by atoms with Crippen molar-refractivity contribution in [1.82, 2.24) is 9.78 Å². The second kappa shape index (κ2) is 7.54. The summed E-state index contributed by atoms with van der Waals surface area (Å²) in [5.74, 6) is -0.905. The lowest BCUT2D eigenvalue weighted by atomic mass is 10.1. The zero-order chi connectivity index (χ0) is 15.9. The Morgan fingerprint density at radius 3 is 2.64 bits per heavy atom. The highest BCUT2D eigenvalue weighted by atomic mass is 16.4. The summed E-state index contributed by atoms with van der Waals surface area (Å²) < 4.78 is 1.46. The first-order valence-electron chi connectivity index (χ1n) is 7.50. The first-order chi connectivity index (χ1) is 10.6. The minimum Gasteiger partial charge on any atom is -0.481 e. The number of benzene rings is 1. The average molecular weight is 300 g/mol. The normalized spacial score (nSPS) is 10.6. The minimum atomic E-state index is -0.905. The maximum Gasteiger partial charge on any atom is 0.303 e. The van der Waals surface area contributed by atoms with Crippen LogP contribution in [0.3, 0.4) is 0 Å². The Kier molecular flexibility index (Phi) is 5.47. The third-order valence-corrected chi connectivity index (χ3v) is 3.45. The van der Waals surface area contributed by atoms with Crippen molar-refractivity contribution in [3.8, 4) is 11.3 Å². The van der Waals surface area contributed by atoms with Gasteiger partial charge < -0.3 is 5.11 Å². The molecule has 0 spiro atoms. The Labute approximate surface area is 129 Å². The van der Waals surface area contributed by atoms with Crippen LogP contribution >= 0.6 is 0 Å². The molecule has 2 rings (SSSR count). The molecule has 1 aromatic carbocycles. The minimum absolute atomic E-state index is 0.0543. The van der Waals surface area contributed by atoms with Gasteiger partial charge in [0.2, 0.25) is 0 Å². The second-order valence-corrected chi connectivity index (χ2v) is 5.20. The zero-order valence-electron chi connectivity index (χ0n) is 12.7. The van der Waals surface area contributed by atoms with Crippen molar-refractivity contribution in [3.05, 3.63) is 52.3 Å². The van der Waals surface area contributed by atoms with E-state index in [2.05, 4.69) is 12.0 Å².